The summed E-state index contributed by atoms with van der Waals surface area (Å²) in [7, 11) is 0. The average Bonchev–Trinajstić information content (AvgIpc) is 2.57. The predicted octanol–water partition coefficient (Wildman–Crippen LogP) is 4.00. The Morgan fingerprint density at radius 1 is 1.21 bits per heavy atom. The third-order valence-corrected chi connectivity index (χ3v) is 3.53. The lowest BCUT2D eigenvalue weighted by molar-refractivity contribution is 0.160. The maximum Gasteiger partial charge on any atom is 0.414 e. The fraction of sp³-hybridized carbons (Fsp3) is 0.278. The standard InChI is InChI=1S/C18H22FN3O2/c1-3-22(18(23)24-4-2)17-10-9-15(11-16(17)20)21-12-13-5-7-14(19)8-6-13/h5-11,21H,3-4,12,20H2,1-2H3. The van der Waals surface area contributed by atoms with Gasteiger partial charge in [-0.05, 0) is 49.7 Å². The number of benzene rings is 2. The van der Waals surface area contributed by atoms with Crippen molar-refractivity contribution in [2.45, 2.75) is 20.4 Å². The molecule has 5 nitrogen and oxygen atoms in total. The second-order valence-corrected chi connectivity index (χ2v) is 5.20. The molecular weight excluding hydrogens is 309 g/mol. The molecule has 3 N–H and O–H groups in total. The zero-order valence-electron chi connectivity index (χ0n) is 13.9. The monoisotopic (exact) mass is 331 g/mol. The third-order valence-electron chi connectivity index (χ3n) is 3.53. The number of nitrogens with zero attached hydrogens (tertiary/aromatic N) is 1. The summed E-state index contributed by atoms with van der Waals surface area (Å²) in [5.41, 5.74) is 8.96. The van der Waals surface area contributed by atoms with E-state index in [1.165, 1.54) is 17.0 Å². The SMILES string of the molecule is CCOC(=O)N(CC)c1ccc(NCc2ccc(F)cc2)cc1N. The quantitative estimate of drug-likeness (QED) is 0.785. The number of nitrogens with one attached hydrogen (secondary N) is 1. The topological polar surface area (TPSA) is 67.6 Å². The van der Waals surface area contributed by atoms with E-state index in [4.69, 9.17) is 10.5 Å². The molecule has 0 radical (unpaired) electrons. The van der Waals surface area contributed by atoms with Gasteiger partial charge in [0.1, 0.15) is 5.82 Å². The summed E-state index contributed by atoms with van der Waals surface area (Å²) < 4.78 is 17.9. The first kappa shape index (κ1) is 17.6. The van der Waals surface area contributed by atoms with Crippen LogP contribution < -0.4 is 16.0 Å². The van der Waals surface area contributed by atoms with Gasteiger partial charge in [-0.1, -0.05) is 12.1 Å². The summed E-state index contributed by atoms with van der Waals surface area (Å²) in [5, 5.41) is 3.22. The number of carbonyl (C=O) groups is 1. The first-order chi connectivity index (χ1) is 11.5. The van der Waals surface area contributed by atoms with Gasteiger partial charge < -0.3 is 15.8 Å². The molecule has 0 unspecified atom stereocenters. The molecule has 0 saturated heterocycles. The molecule has 0 saturated carbocycles. The minimum absolute atomic E-state index is 0.258. The van der Waals surface area contributed by atoms with Crippen molar-refractivity contribution in [2.24, 2.45) is 0 Å². The fourth-order valence-electron chi connectivity index (χ4n) is 2.32. The van der Waals surface area contributed by atoms with Gasteiger partial charge in [0.05, 0.1) is 18.0 Å². The van der Waals surface area contributed by atoms with Crippen LogP contribution in [0.5, 0.6) is 0 Å². The Hall–Kier alpha value is -2.76. The minimum atomic E-state index is -0.418. The first-order valence-corrected chi connectivity index (χ1v) is 7.87. The molecular formula is C18H22FN3O2. The molecule has 128 valence electrons. The number of hydrogen-bond donors (Lipinski definition) is 2. The number of ether oxygens (including phenoxy) is 1. The maximum atomic E-state index is 12.9. The zero-order valence-corrected chi connectivity index (χ0v) is 13.9. The Labute approximate surface area is 141 Å². The largest absolute Gasteiger partial charge is 0.449 e. The van der Waals surface area contributed by atoms with Crippen LogP contribution in [0.2, 0.25) is 0 Å². The molecule has 0 aliphatic rings. The van der Waals surface area contributed by atoms with Gasteiger partial charge in [0, 0.05) is 18.8 Å². The lowest BCUT2D eigenvalue weighted by Gasteiger charge is -2.22. The number of anilines is 3. The molecule has 0 aliphatic carbocycles. The van der Waals surface area contributed by atoms with Crippen molar-refractivity contribution >= 4 is 23.2 Å². The van der Waals surface area contributed by atoms with Crippen LogP contribution in [0.3, 0.4) is 0 Å². The number of hydrogen-bond acceptors (Lipinski definition) is 4. The fourth-order valence-corrected chi connectivity index (χ4v) is 2.32. The van der Waals surface area contributed by atoms with E-state index in [0.29, 0.717) is 31.1 Å². The van der Waals surface area contributed by atoms with Gasteiger partial charge in [-0.25, -0.2) is 9.18 Å². The second kappa shape index (κ2) is 8.19. The van der Waals surface area contributed by atoms with Crippen LogP contribution in [0.1, 0.15) is 19.4 Å². The second-order valence-electron chi connectivity index (χ2n) is 5.20. The summed E-state index contributed by atoms with van der Waals surface area (Å²) in [5.74, 6) is -0.258. The van der Waals surface area contributed by atoms with E-state index in [-0.39, 0.29) is 5.82 Å². The van der Waals surface area contributed by atoms with Crippen LogP contribution in [0, 0.1) is 5.82 Å². The number of nitrogens with two attached hydrogens (primary N) is 1. The first-order valence-electron chi connectivity index (χ1n) is 7.87. The van der Waals surface area contributed by atoms with Crippen LogP contribution in [-0.4, -0.2) is 19.2 Å². The number of rotatable bonds is 6. The van der Waals surface area contributed by atoms with Crippen LogP contribution >= 0.6 is 0 Å². The highest BCUT2D eigenvalue weighted by Gasteiger charge is 2.17. The summed E-state index contributed by atoms with van der Waals surface area (Å²) in [6, 6.07) is 11.7. The highest BCUT2D eigenvalue weighted by molar-refractivity contribution is 5.92. The van der Waals surface area contributed by atoms with Crippen LogP contribution in [0.25, 0.3) is 0 Å². The van der Waals surface area contributed by atoms with Gasteiger partial charge in [-0.2, -0.15) is 0 Å². The smallest absolute Gasteiger partial charge is 0.414 e. The van der Waals surface area contributed by atoms with Crippen LogP contribution in [0.15, 0.2) is 42.5 Å². The molecule has 0 fully saturated rings. The van der Waals surface area contributed by atoms with Gasteiger partial charge >= 0.3 is 6.09 Å². The molecule has 2 rings (SSSR count). The Bertz CT molecular complexity index is 689. The zero-order chi connectivity index (χ0) is 17.5. The van der Waals surface area contributed by atoms with E-state index in [1.807, 2.05) is 13.0 Å². The van der Waals surface area contributed by atoms with Crippen molar-refractivity contribution in [2.75, 3.05) is 29.1 Å². The summed E-state index contributed by atoms with van der Waals surface area (Å²) >= 11 is 0. The molecule has 6 heteroatoms. The number of nitrogen functional groups attached to an aromatic ring is 1. The minimum Gasteiger partial charge on any atom is -0.449 e. The normalized spacial score (nSPS) is 10.3. The molecule has 24 heavy (non-hydrogen) atoms. The highest BCUT2D eigenvalue weighted by Crippen LogP contribution is 2.27. The van der Waals surface area contributed by atoms with Crippen molar-refractivity contribution in [1.29, 1.82) is 0 Å². The molecule has 2 aromatic rings. The van der Waals surface area contributed by atoms with Gasteiger partial charge in [0.15, 0.2) is 0 Å². The molecule has 1 amide bonds. The van der Waals surface area contributed by atoms with E-state index in [2.05, 4.69) is 5.32 Å². The summed E-state index contributed by atoms with van der Waals surface area (Å²) in [6.45, 7) is 4.95. The summed E-state index contributed by atoms with van der Waals surface area (Å²) in [4.78, 5) is 13.4. The lowest BCUT2D eigenvalue weighted by Crippen LogP contribution is -2.31. The van der Waals surface area contributed by atoms with Crippen LogP contribution in [0.4, 0.5) is 26.2 Å². The van der Waals surface area contributed by atoms with Gasteiger partial charge in [-0.3, -0.25) is 4.90 Å². The number of halogens is 1. The van der Waals surface area contributed by atoms with Crippen molar-refractivity contribution < 1.29 is 13.9 Å². The summed E-state index contributed by atoms with van der Waals surface area (Å²) in [6.07, 6.45) is -0.418. The molecule has 0 aromatic heterocycles. The van der Waals surface area contributed by atoms with Crippen molar-refractivity contribution in [1.82, 2.24) is 0 Å². The molecule has 0 atom stereocenters. The molecule has 2 aromatic carbocycles. The Balaban J connectivity index is 2.08. The Morgan fingerprint density at radius 2 is 1.92 bits per heavy atom. The van der Waals surface area contributed by atoms with E-state index in [0.717, 1.165) is 11.3 Å². The lowest BCUT2D eigenvalue weighted by atomic mass is 10.2. The predicted molar refractivity (Wildman–Crippen MR) is 94.6 cm³/mol. The molecule has 0 aliphatic heterocycles. The maximum absolute atomic E-state index is 12.9. The number of carbonyl (C=O) groups excluding carboxylic acids is 1. The van der Waals surface area contributed by atoms with Crippen LogP contribution in [-0.2, 0) is 11.3 Å². The van der Waals surface area contributed by atoms with E-state index in [1.54, 1.807) is 31.2 Å². The van der Waals surface area contributed by atoms with Crippen molar-refractivity contribution in [3.63, 3.8) is 0 Å². The average molecular weight is 331 g/mol. The van der Waals surface area contributed by atoms with Gasteiger partial charge in [0.2, 0.25) is 0 Å². The van der Waals surface area contributed by atoms with Gasteiger partial charge in [0.25, 0.3) is 0 Å². The van der Waals surface area contributed by atoms with Crippen molar-refractivity contribution in [3.05, 3.63) is 53.8 Å². The Morgan fingerprint density at radius 3 is 2.50 bits per heavy atom. The number of amides is 1. The highest BCUT2D eigenvalue weighted by atomic mass is 19.1. The van der Waals surface area contributed by atoms with E-state index in [9.17, 15) is 9.18 Å². The van der Waals surface area contributed by atoms with Gasteiger partial charge in [-0.15, -0.1) is 0 Å². The molecule has 0 spiro atoms. The van der Waals surface area contributed by atoms with E-state index < -0.39 is 6.09 Å². The van der Waals surface area contributed by atoms with Crippen molar-refractivity contribution in [3.8, 4) is 0 Å². The molecule has 0 heterocycles. The van der Waals surface area contributed by atoms with E-state index >= 15 is 0 Å². The molecule has 0 bridgehead atoms. The third kappa shape index (κ3) is 4.38. The Kier molecular flexibility index (Phi) is 6.01.